The molecule has 0 rings (SSSR count). The van der Waals surface area contributed by atoms with E-state index in [1.165, 1.54) is 6.92 Å². The first-order valence-corrected chi connectivity index (χ1v) is 28.0. The van der Waals surface area contributed by atoms with Gasteiger partial charge in [-0.1, -0.05) is 55.4 Å². The Bertz CT molecular complexity index is 2260. The molecule has 0 unspecified atom stereocenters. The molecular formula is C52H94N16O16. The van der Waals surface area contributed by atoms with E-state index in [1.54, 1.807) is 55.4 Å². The summed E-state index contributed by atoms with van der Waals surface area (Å²) in [6, 6.07) is -12.9. The number of carboxylic acids is 2. The van der Waals surface area contributed by atoms with Crippen molar-refractivity contribution in [1.29, 1.82) is 0 Å². The molecule has 0 aromatic rings. The van der Waals surface area contributed by atoms with Crippen LogP contribution in [0.5, 0.6) is 0 Å². The maximum absolute atomic E-state index is 14.2. The lowest BCUT2D eigenvalue weighted by molar-refractivity contribution is -0.139. The summed E-state index contributed by atoms with van der Waals surface area (Å²) in [6.45, 7) is 13.7. The number of aliphatic hydroxyl groups excluding tert-OH is 1. The Balaban J connectivity index is 6.54. The molecule has 32 heteroatoms. The van der Waals surface area contributed by atoms with Crippen LogP contribution in [0.2, 0.25) is 0 Å². The molecule has 0 aliphatic rings. The number of nitrogens with one attached hydrogen (secondary N) is 10. The SMILES string of the molecule is CC(C)C[C@H](NC(=O)CNC(=O)[C@@H](NC(=O)[C@H](CC(C)C)NC(=O)[C@H](CCCCN)NC(=O)[C@H](CC(C)C)NC(=O)[C@H](CC(N)=O)NC(=O)[C@H](CCC(=O)O)NC(=O)[C@@H](N)CCCN=C(N)N)[C@@H](C)O)C(=O)N[C@H](C(=O)NCC(=O)O)C(C)C. The van der Waals surface area contributed by atoms with Gasteiger partial charge in [-0.2, -0.15) is 0 Å². The van der Waals surface area contributed by atoms with Gasteiger partial charge >= 0.3 is 11.9 Å². The fraction of sp³-hybridized carbons (Fsp3) is 0.731. The molecule has 11 amide bonds. The second kappa shape index (κ2) is 39.7. The van der Waals surface area contributed by atoms with Gasteiger partial charge in [0.2, 0.25) is 65.0 Å². The molecule has 32 nitrogen and oxygen atoms in total. The van der Waals surface area contributed by atoms with Crippen molar-refractivity contribution in [3.8, 4) is 0 Å². The highest BCUT2D eigenvalue weighted by Crippen LogP contribution is 2.13. The first kappa shape index (κ1) is 76.3. The third kappa shape index (κ3) is 32.2. The van der Waals surface area contributed by atoms with Crippen LogP contribution in [0, 0.1) is 23.7 Å². The molecule has 0 radical (unpaired) electrons. The Morgan fingerprint density at radius 2 is 0.869 bits per heavy atom. The van der Waals surface area contributed by atoms with Gasteiger partial charge in [-0.15, -0.1) is 0 Å². The van der Waals surface area contributed by atoms with E-state index in [-0.39, 0.29) is 81.7 Å². The average molecular weight is 1200 g/mol. The number of amides is 11. The Kier molecular flexibility index (Phi) is 36.0. The minimum absolute atomic E-state index is 0.0386. The molecule has 0 heterocycles. The predicted molar refractivity (Wildman–Crippen MR) is 305 cm³/mol. The predicted octanol–water partition coefficient (Wildman–Crippen LogP) is -5.39. The second-order valence-corrected chi connectivity index (χ2v) is 22.0. The van der Waals surface area contributed by atoms with Gasteiger partial charge in [-0.05, 0) is 94.9 Å². The number of carboxylic acid groups (broad SMARTS) is 2. The van der Waals surface area contributed by atoms with Crippen LogP contribution in [-0.4, -0.2) is 185 Å². The molecule has 0 fully saturated rings. The van der Waals surface area contributed by atoms with Crippen molar-refractivity contribution in [2.24, 2.45) is 57.3 Å². The number of carbonyl (C=O) groups is 13. The summed E-state index contributed by atoms with van der Waals surface area (Å²) < 4.78 is 0. The normalized spacial score (nSPS) is 14.8. The van der Waals surface area contributed by atoms with Gasteiger partial charge in [-0.3, -0.25) is 67.3 Å². The number of rotatable bonds is 42. The molecule has 0 spiro atoms. The Hall–Kier alpha value is -7.74. The summed E-state index contributed by atoms with van der Waals surface area (Å²) in [6.07, 6.45) is -2.59. The number of primary amides is 1. The molecule has 0 aromatic heterocycles. The second-order valence-electron chi connectivity index (χ2n) is 22.0. The molecule has 84 heavy (non-hydrogen) atoms. The Morgan fingerprint density at radius 1 is 0.452 bits per heavy atom. The zero-order valence-corrected chi connectivity index (χ0v) is 49.7. The topological polar surface area (TPSA) is 545 Å². The van der Waals surface area contributed by atoms with Crippen LogP contribution in [0.3, 0.4) is 0 Å². The van der Waals surface area contributed by atoms with Crippen molar-refractivity contribution in [3.63, 3.8) is 0 Å². The van der Waals surface area contributed by atoms with E-state index < -0.39 is 176 Å². The van der Waals surface area contributed by atoms with Gasteiger partial charge in [0, 0.05) is 13.0 Å². The maximum Gasteiger partial charge on any atom is 0.322 e. The van der Waals surface area contributed by atoms with Crippen molar-refractivity contribution < 1.29 is 77.6 Å². The summed E-state index contributed by atoms with van der Waals surface area (Å²) in [5.41, 5.74) is 27.8. The van der Waals surface area contributed by atoms with Gasteiger partial charge in [0.25, 0.3) is 0 Å². The van der Waals surface area contributed by atoms with Crippen molar-refractivity contribution in [2.45, 2.75) is 193 Å². The smallest absolute Gasteiger partial charge is 0.322 e. The quantitative estimate of drug-likeness (QED) is 0.0154. The molecule has 0 saturated carbocycles. The fourth-order valence-corrected chi connectivity index (χ4v) is 8.08. The number of guanidine groups is 1. The van der Waals surface area contributed by atoms with E-state index in [0.717, 1.165) is 0 Å². The molecule has 10 atom stereocenters. The van der Waals surface area contributed by atoms with E-state index >= 15 is 0 Å². The van der Waals surface area contributed by atoms with Gasteiger partial charge < -0.3 is 97.2 Å². The van der Waals surface area contributed by atoms with Gasteiger partial charge in [0.1, 0.15) is 54.9 Å². The van der Waals surface area contributed by atoms with Crippen LogP contribution < -0.4 is 81.8 Å². The van der Waals surface area contributed by atoms with E-state index in [1.807, 2.05) is 0 Å². The van der Waals surface area contributed by atoms with E-state index in [4.69, 9.17) is 33.8 Å². The van der Waals surface area contributed by atoms with E-state index in [0.29, 0.717) is 6.42 Å². The van der Waals surface area contributed by atoms with Gasteiger partial charge in [0.15, 0.2) is 5.96 Å². The minimum atomic E-state index is -1.78. The summed E-state index contributed by atoms with van der Waals surface area (Å²) in [4.78, 5) is 174. The van der Waals surface area contributed by atoms with Gasteiger partial charge in [-0.25, -0.2) is 0 Å². The monoisotopic (exact) mass is 1200 g/mol. The lowest BCUT2D eigenvalue weighted by Gasteiger charge is -2.29. The third-order valence-corrected chi connectivity index (χ3v) is 12.4. The lowest BCUT2D eigenvalue weighted by Crippen LogP contribution is -2.61. The highest BCUT2D eigenvalue weighted by Gasteiger charge is 2.36. The number of aliphatic carboxylic acids is 2. The standard InChI is InChI=1S/C52H94N16O16/c1-25(2)19-33(48(81)67-41(28(7)8)50(83)60-24-40(74)75)61-38(71)23-59-51(84)42(29(9)69)68-49(82)35(21-27(5)6)64-44(77)31(14-10-11-17-53)63-46(79)34(20-26(3)4)65-47(80)36(22-37(55)70)66-45(78)32(15-16-39(72)73)62-43(76)30(54)13-12-18-58-52(56)57/h25-36,41-42,69H,10-24,53-54H2,1-9H3,(H2,55,70)(H,59,84)(H,60,83)(H,61,71)(H,62,76)(H,63,79)(H,64,77)(H,65,80)(H,66,78)(H,67,81)(H,68,82)(H,72,73)(H,74,75)(H4,56,57,58)/t29-,30+,31+,32+,33+,34+,35+,36+,41+,42+/m1/s1. The molecule has 0 aliphatic carbocycles. The highest BCUT2D eigenvalue weighted by molar-refractivity contribution is 5.99. The van der Waals surface area contributed by atoms with Crippen LogP contribution in [-0.2, 0) is 62.3 Å². The summed E-state index contributed by atoms with van der Waals surface area (Å²) in [7, 11) is 0. The summed E-state index contributed by atoms with van der Waals surface area (Å²) in [5, 5.41) is 53.4. The number of nitrogens with two attached hydrogens (primary N) is 5. The number of hydrogen-bond acceptors (Lipinski definition) is 17. The molecule has 478 valence electrons. The van der Waals surface area contributed by atoms with Crippen molar-refractivity contribution in [3.05, 3.63) is 0 Å². The molecule has 23 N–H and O–H groups in total. The number of carbonyl (C=O) groups excluding carboxylic acids is 11. The fourth-order valence-electron chi connectivity index (χ4n) is 8.08. The third-order valence-electron chi connectivity index (χ3n) is 12.4. The summed E-state index contributed by atoms with van der Waals surface area (Å²) >= 11 is 0. The first-order valence-electron chi connectivity index (χ1n) is 28.0. The lowest BCUT2D eigenvalue weighted by atomic mass is 9.99. The Morgan fingerprint density at radius 3 is 1.32 bits per heavy atom. The van der Waals surface area contributed by atoms with Crippen molar-refractivity contribution >= 4 is 82.9 Å². The highest BCUT2D eigenvalue weighted by atomic mass is 16.4. The van der Waals surface area contributed by atoms with Crippen molar-refractivity contribution in [1.82, 2.24) is 53.2 Å². The molecular weight excluding hydrogens is 1100 g/mol. The van der Waals surface area contributed by atoms with Crippen LogP contribution in [0.1, 0.15) is 133 Å². The largest absolute Gasteiger partial charge is 0.481 e. The summed E-state index contributed by atoms with van der Waals surface area (Å²) in [5.74, 6) is -14.4. The van der Waals surface area contributed by atoms with Crippen LogP contribution in [0.4, 0.5) is 0 Å². The Labute approximate surface area is 489 Å². The molecule has 0 bridgehead atoms. The maximum atomic E-state index is 14.2. The number of unbranched alkanes of at least 4 members (excludes halogenated alkanes) is 1. The number of aliphatic imine (C=N–C) groups is 1. The molecule has 0 saturated heterocycles. The van der Waals surface area contributed by atoms with Crippen molar-refractivity contribution in [2.75, 3.05) is 26.2 Å². The minimum Gasteiger partial charge on any atom is -0.481 e. The van der Waals surface area contributed by atoms with E-state index in [2.05, 4.69) is 58.2 Å². The zero-order valence-electron chi connectivity index (χ0n) is 49.7. The first-order chi connectivity index (χ1) is 39.1. The number of hydrogen-bond donors (Lipinski definition) is 18. The van der Waals surface area contributed by atoms with Crippen LogP contribution in [0.25, 0.3) is 0 Å². The zero-order chi connectivity index (χ0) is 64.6. The van der Waals surface area contributed by atoms with Crippen LogP contribution in [0.15, 0.2) is 4.99 Å². The molecule has 0 aliphatic heterocycles. The van der Waals surface area contributed by atoms with Crippen LogP contribution >= 0.6 is 0 Å². The average Bonchev–Trinajstić information content (AvgIpc) is 3.60. The van der Waals surface area contributed by atoms with E-state index in [9.17, 15) is 72.5 Å². The van der Waals surface area contributed by atoms with Gasteiger partial charge in [0.05, 0.1) is 25.1 Å². The number of aliphatic hydroxyl groups is 1. The number of nitrogens with zero attached hydrogens (tertiary/aromatic N) is 1. The molecule has 0 aromatic carbocycles.